The van der Waals surface area contributed by atoms with Gasteiger partial charge in [-0.15, -0.1) is 0 Å². The van der Waals surface area contributed by atoms with Crippen molar-refractivity contribution in [1.82, 2.24) is 20.0 Å². The first-order chi connectivity index (χ1) is 15.5. The van der Waals surface area contributed by atoms with E-state index in [1.54, 1.807) is 36.4 Å². The summed E-state index contributed by atoms with van der Waals surface area (Å²) in [5.41, 5.74) is 7.69. The van der Waals surface area contributed by atoms with Crippen molar-refractivity contribution in [1.29, 1.82) is 5.26 Å². The number of likely N-dealkylation sites (tertiary alicyclic amines) is 1. The molecule has 1 atom stereocenters. The average molecular weight is 453 g/mol. The van der Waals surface area contributed by atoms with Crippen LogP contribution in [0.5, 0.6) is 0 Å². The van der Waals surface area contributed by atoms with Crippen molar-refractivity contribution in [3.05, 3.63) is 76.2 Å². The number of halogens is 2. The van der Waals surface area contributed by atoms with Crippen molar-refractivity contribution in [3.63, 3.8) is 0 Å². The molecule has 1 fully saturated rings. The number of carbonyl (C=O) groups is 1. The minimum absolute atomic E-state index is 0.235. The van der Waals surface area contributed by atoms with Gasteiger partial charge in [0.25, 0.3) is 5.91 Å². The van der Waals surface area contributed by atoms with Gasteiger partial charge in [0.1, 0.15) is 23.3 Å². The molecule has 1 amide bonds. The number of amides is 1. The van der Waals surface area contributed by atoms with E-state index in [1.807, 2.05) is 6.07 Å². The Morgan fingerprint density at radius 1 is 1.25 bits per heavy atom. The molecule has 1 unspecified atom stereocenters. The third-order valence-corrected chi connectivity index (χ3v) is 6.00. The zero-order valence-electron chi connectivity index (χ0n) is 17.3. The lowest BCUT2D eigenvalue weighted by Crippen LogP contribution is -2.37. The molecule has 0 saturated carbocycles. The summed E-state index contributed by atoms with van der Waals surface area (Å²) in [5, 5.41) is 16.4. The van der Waals surface area contributed by atoms with Gasteiger partial charge in [-0.3, -0.25) is 9.69 Å². The number of nitrogen functional groups attached to an aromatic ring is 1. The second kappa shape index (κ2) is 9.39. The Balaban J connectivity index is 1.50. The Morgan fingerprint density at radius 3 is 2.59 bits per heavy atom. The van der Waals surface area contributed by atoms with Gasteiger partial charge in [0, 0.05) is 22.7 Å². The van der Waals surface area contributed by atoms with E-state index in [4.69, 9.17) is 22.6 Å². The van der Waals surface area contributed by atoms with Crippen LogP contribution < -0.4 is 11.1 Å². The van der Waals surface area contributed by atoms with E-state index in [1.165, 1.54) is 16.9 Å². The fourth-order valence-corrected chi connectivity index (χ4v) is 4.28. The van der Waals surface area contributed by atoms with Gasteiger partial charge < -0.3 is 11.1 Å². The maximum absolute atomic E-state index is 14.6. The zero-order chi connectivity index (χ0) is 22.7. The van der Waals surface area contributed by atoms with Gasteiger partial charge in [-0.05, 0) is 62.3 Å². The number of rotatable bonds is 6. The Kier molecular flexibility index (Phi) is 6.40. The molecule has 3 N–H and O–H groups in total. The molecule has 0 spiro atoms. The van der Waals surface area contributed by atoms with Crippen molar-refractivity contribution in [2.24, 2.45) is 0 Å². The molecule has 32 heavy (non-hydrogen) atoms. The molecule has 0 bridgehead atoms. The number of anilines is 1. The highest BCUT2D eigenvalue weighted by Gasteiger charge is 2.28. The Morgan fingerprint density at radius 2 is 1.97 bits per heavy atom. The van der Waals surface area contributed by atoms with Gasteiger partial charge in [-0.2, -0.15) is 10.4 Å². The van der Waals surface area contributed by atoms with Crippen LogP contribution in [0.1, 0.15) is 40.4 Å². The van der Waals surface area contributed by atoms with Crippen molar-refractivity contribution in [3.8, 4) is 11.8 Å². The van der Waals surface area contributed by atoms with Gasteiger partial charge in [0.15, 0.2) is 0 Å². The van der Waals surface area contributed by atoms with Crippen molar-refractivity contribution >= 4 is 23.3 Å². The van der Waals surface area contributed by atoms with Gasteiger partial charge in [-0.1, -0.05) is 17.7 Å². The number of nitrogens with two attached hydrogens (primary N) is 1. The predicted molar refractivity (Wildman–Crippen MR) is 120 cm³/mol. The summed E-state index contributed by atoms with van der Waals surface area (Å²) in [6.07, 6.45) is 3.45. The van der Waals surface area contributed by atoms with Crippen molar-refractivity contribution in [2.45, 2.75) is 18.9 Å². The monoisotopic (exact) mass is 452 g/mol. The standard InChI is InChI=1S/C23H22ClFN6O/c24-18-4-3-5-19(25)21(18)20(30-10-1-2-11-30)14-28-23(32)15-6-8-17(9-7-15)31-22(27)16(12-26)13-29-31/h3-9,13,20H,1-2,10-11,14,27H2,(H,28,32). The fourth-order valence-electron chi connectivity index (χ4n) is 3.99. The van der Waals surface area contributed by atoms with Crippen LogP contribution in [-0.2, 0) is 0 Å². The maximum Gasteiger partial charge on any atom is 0.251 e. The number of hydrogen-bond acceptors (Lipinski definition) is 5. The van der Waals surface area contributed by atoms with Crippen LogP contribution in [0.3, 0.4) is 0 Å². The van der Waals surface area contributed by atoms with Crippen LogP contribution in [0.25, 0.3) is 5.69 Å². The summed E-state index contributed by atoms with van der Waals surface area (Å²) < 4.78 is 16.0. The molecule has 1 aliphatic heterocycles. The first-order valence-corrected chi connectivity index (χ1v) is 10.7. The van der Waals surface area contributed by atoms with Gasteiger partial charge in [0.2, 0.25) is 0 Å². The lowest BCUT2D eigenvalue weighted by atomic mass is 10.0. The zero-order valence-corrected chi connectivity index (χ0v) is 18.0. The third kappa shape index (κ3) is 4.31. The van der Waals surface area contributed by atoms with Gasteiger partial charge in [0.05, 0.1) is 17.9 Å². The number of nitriles is 1. The average Bonchev–Trinajstić information content (AvgIpc) is 3.45. The molecule has 0 radical (unpaired) electrons. The number of nitrogens with zero attached hydrogens (tertiary/aromatic N) is 4. The number of aromatic nitrogens is 2. The van der Waals surface area contributed by atoms with E-state index in [-0.39, 0.29) is 35.7 Å². The number of benzene rings is 2. The molecule has 2 heterocycles. The van der Waals surface area contributed by atoms with E-state index in [9.17, 15) is 9.18 Å². The van der Waals surface area contributed by atoms with Gasteiger partial charge in [-0.25, -0.2) is 9.07 Å². The number of nitrogens with one attached hydrogen (secondary N) is 1. The third-order valence-electron chi connectivity index (χ3n) is 5.67. The Hall–Kier alpha value is -3.41. The molecule has 9 heteroatoms. The highest BCUT2D eigenvalue weighted by atomic mass is 35.5. The molecule has 2 aromatic carbocycles. The highest BCUT2D eigenvalue weighted by molar-refractivity contribution is 6.31. The molecule has 0 aliphatic carbocycles. The first kappa shape index (κ1) is 21.8. The van der Waals surface area contributed by atoms with Crippen molar-refractivity contribution in [2.75, 3.05) is 25.4 Å². The van der Waals surface area contributed by atoms with Crippen LogP contribution in [0.4, 0.5) is 10.2 Å². The second-order valence-electron chi connectivity index (χ2n) is 7.62. The fraction of sp³-hybridized carbons (Fsp3) is 0.261. The van der Waals surface area contributed by atoms with E-state index < -0.39 is 0 Å². The lowest BCUT2D eigenvalue weighted by molar-refractivity contribution is 0.0937. The smallest absolute Gasteiger partial charge is 0.251 e. The van der Waals surface area contributed by atoms with E-state index in [0.717, 1.165) is 25.9 Å². The SMILES string of the molecule is N#Cc1cnn(-c2ccc(C(=O)NCC(c3c(F)cccc3Cl)N3CCCC3)cc2)c1N. The van der Waals surface area contributed by atoms with E-state index in [0.29, 0.717) is 21.8 Å². The molecule has 3 aromatic rings. The second-order valence-corrected chi connectivity index (χ2v) is 8.03. The lowest BCUT2D eigenvalue weighted by Gasteiger charge is -2.29. The molecule has 164 valence electrons. The maximum atomic E-state index is 14.6. The quantitative estimate of drug-likeness (QED) is 0.594. The summed E-state index contributed by atoms with van der Waals surface area (Å²) in [6, 6.07) is 13.0. The first-order valence-electron chi connectivity index (χ1n) is 10.3. The molecular weight excluding hydrogens is 431 g/mol. The number of carbonyl (C=O) groups excluding carboxylic acids is 1. The molecule has 1 saturated heterocycles. The largest absolute Gasteiger partial charge is 0.382 e. The Bertz CT molecular complexity index is 1140. The van der Waals surface area contributed by atoms with E-state index in [2.05, 4.69) is 15.3 Å². The normalized spacial score (nSPS) is 14.8. The topological polar surface area (TPSA) is 100.0 Å². The molecule has 1 aromatic heterocycles. The molecule has 4 rings (SSSR count). The molecular formula is C23H22ClFN6O. The summed E-state index contributed by atoms with van der Waals surface area (Å²) in [4.78, 5) is 14.9. The van der Waals surface area contributed by atoms with Crippen LogP contribution in [-0.4, -0.2) is 40.2 Å². The van der Waals surface area contributed by atoms with E-state index >= 15 is 0 Å². The minimum atomic E-state index is -0.374. The van der Waals surface area contributed by atoms with Crippen molar-refractivity contribution < 1.29 is 9.18 Å². The van der Waals surface area contributed by atoms with Crippen LogP contribution in [0.15, 0.2) is 48.7 Å². The predicted octanol–water partition coefficient (Wildman–Crippen LogP) is 3.69. The summed E-state index contributed by atoms with van der Waals surface area (Å²) in [5.74, 6) is -0.416. The molecule has 1 aliphatic rings. The summed E-state index contributed by atoms with van der Waals surface area (Å²) >= 11 is 6.32. The molecule has 7 nitrogen and oxygen atoms in total. The summed E-state index contributed by atoms with van der Waals surface area (Å²) in [7, 11) is 0. The number of hydrogen-bond donors (Lipinski definition) is 2. The van der Waals surface area contributed by atoms with Crippen LogP contribution in [0.2, 0.25) is 5.02 Å². The summed E-state index contributed by atoms with van der Waals surface area (Å²) in [6.45, 7) is 1.89. The highest BCUT2D eigenvalue weighted by Crippen LogP contribution is 2.32. The van der Waals surface area contributed by atoms with Crippen LogP contribution >= 0.6 is 11.6 Å². The van der Waals surface area contributed by atoms with Gasteiger partial charge >= 0.3 is 0 Å². The van der Waals surface area contributed by atoms with Crippen LogP contribution in [0, 0.1) is 17.1 Å². The minimum Gasteiger partial charge on any atom is -0.382 e. The Labute approximate surface area is 190 Å².